The molecule has 1 saturated heterocycles. The molecule has 7 heteroatoms. The van der Waals surface area contributed by atoms with Crippen molar-refractivity contribution in [2.45, 2.75) is 51.6 Å². The third-order valence-corrected chi connectivity index (χ3v) is 4.60. The van der Waals surface area contributed by atoms with E-state index in [-0.39, 0.29) is 23.9 Å². The summed E-state index contributed by atoms with van der Waals surface area (Å²) in [7, 11) is 1.35. The SMILES string of the molecule is COC(=O)Cc1cc(C2CC3(C2)CN(C(=O)OC(C)(C)C)C3)no1. The molecular formula is C17H24N2O5. The van der Waals surface area contributed by atoms with Crippen LogP contribution >= 0.6 is 0 Å². The van der Waals surface area contributed by atoms with Crippen LogP contribution in [0.2, 0.25) is 0 Å². The summed E-state index contributed by atoms with van der Waals surface area (Å²) in [6.07, 6.45) is 1.83. The Morgan fingerprint density at radius 1 is 1.38 bits per heavy atom. The molecule has 0 unspecified atom stereocenters. The van der Waals surface area contributed by atoms with Gasteiger partial charge in [-0.1, -0.05) is 5.16 Å². The summed E-state index contributed by atoms with van der Waals surface area (Å²) in [5.74, 6) is 0.525. The standard InChI is InChI=1S/C17H24N2O5/c1-16(2,3)23-15(21)19-9-17(10-19)7-11(8-17)13-5-12(24-18-13)6-14(20)22-4/h5,11H,6-10H2,1-4H3. The molecule has 1 saturated carbocycles. The normalized spacial score (nSPS) is 19.6. The fraction of sp³-hybridized carbons (Fsp3) is 0.706. The van der Waals surface area contributed by atoms with Crippen LogP contribution in [0.5, 0.6) is 0 Å². The highest BCUT2D eigenvalue weighted by molar-refractivity contribution is 5.71. The van der Waals surface area contributed by atoms with Crippen LogP contribution in [0.3, 0.4) is 0 Å². The van der Waals surface area contributed by atoms with Gasteiger partial charge in [0.15, 0.2) is 0 Å². The summed E-state index contributed by atoms with van der Waals surface area (Å²) in [6.45, 7) is 7.10. The minimum atomic E-state index is -0.460. The van der Waals surface area contributed by atoms with Crippen molar-refractivity contribution < 1.29 is 23.6 Å². The molecule has 0 atom stereocenters. The van der Waals surface area contributed by atoms with E-state index < -0.39 is 5.60 Å². The van der Waals surface area contributed by atoms with E-state index in [9.17, 15) is 9.59 Å². The summed E-state index contributed by atoms with van der Waals surface area (Å²) in [4.78, 5) is 25.0. The molecule has 0 radical (unpaired) electrons. The molecule has 1 aromatic rings. The van der Waals surface area contributed by atoms with E-state index in [1.54, 1.807) is 4.90 Å². The van der Waals surface area contributed by atoms with Crippen LogP contribution < -0.4 is 0 Å². The number of ether oxygens (including phenoxy) is 2. The number of hydrogen-bond donors (Lipinski definition) is 0. The Labute approximate surface area is 141 Å². The van der Waals surface area contributed by atoms with Gasteiger partial charge in [-0.25, -0.2) is 4.79 Å². The maximum absolute atomic E-state index is 12.0. The molecule has 3 rings (SSSR count). The summed E-state index contributed by atoms with van der Waals surface area (Å²) in [5.41, 5.74) is 0.622. The van der Waals surface area contributed by atoms with E-state index in [1.165, 1.54) is 7.11 Å². The lowest BCUT2D eigenvalue weighted by atomic mass is 9.57. The summed E-state index contributed by atoms with van der Waals surface area (Å²) >= 11 is 0. The highest BCUT2D eigenvalue weighted by atomic mass is 16.6. The zero-order valence-electron chi connectivity index (χ0n) is 14.6. The Balaban J connectivity index is 1.47. The van der Waals surface area contributed by atoms with Gasteiger partial charge in [0.1, 0.15) is 17.8 Å². The van der Waals surface area contributed by atoms with Crippen LogP contribution in [0.15, 0.2) is 10.6 Å². The number of esters is 1. The smallest absolute Gasteiger partial charge is 0.410 e. The van der Waals surface area contributed by atoms with Gasteiger partial charge in [0, 0.05) is 30.5 Å². The largest absolute Gasteiger partial charge is 0.469 e. The third kappa shape index (κ3) is 3.39. The van der Waals surface area contributed by atoms with Crippen LogP contribution in [0.4, 0.5) is 4.79 Å². The highest BCUT2D eigenvalue weighted by Gasteiger charge is 2.55. The molecule has 1 spiro atoms. The van der Waals surface area contributed by atoms with Crippen molar-refractivity contribution in [3.05, 3.63) is 17.5 Å². The van der Waals surface area contributed by atoms with Gasteiger partial charge >= 0.3 is 12.1 Å². The Kier molecular flexibility index (Phi) is 4.05. The van der Waals surface area contributed by atoms with Crippen LogP contribution in [0.1, 0.15) is 51.0 Å². The first-order valence-corrected chi connectivity index (χ1v) is 8.20. The number of amides is 1. The van der Waals surface area contributed by atoms with Crippen LogP contribution in [0.25, 0.3) is 0 Å². The fourth-order valence-electron chi connectivity index (χ4n) is 3.49. The Morgan fingerprint density at radius 3 is 2.62 bits per heavy atom. The van der Waals surface area contributed by atoms with Gasteiger partial charge in [-0.3, -0.25) is 4.79 Å². The predicted molar refractivity (Wildman–Crippen MR) is 84.4 cm³/mol. The molecule has 7 nitrogen and oxygen atoms in total. The molecule has 2 aliphatic rings. The van der Waals surface area contributed by atoms with Gasteiger partial charge in [-0.15, -0.1) is 0 Å². The number of nitrogens with zero attached hydrogens (tertiary/aromatic N) is 2. The second kappa shape index (κ2) is 5.79. The first kappa shape index (κ1) is 16.8. The maximum Gasteiger partial charge on any atom is 0.410 e. The number of hydrogen-bond acceptors (Lipinski definition) is 6. The van der Waals surface area contributed by atoms with Gasteiger partial charge in [0.05, 0.1) is 12.8 Å². The minimum Gasteiger partial charge on any atom is -0.469 e. The van der Waals surface area contributed by atoms with E-state index in [4.69, 9.17) is 9.26 Å². The topological polar surface area (TPSA) is 81.9 Å². The summed E-state index contributed by atoms with van der Waals surface area (Å²) in [6, 6.07) is 1.83. The number of methoxy groups -OCH3 is 1. The van der Waals surface area contributed by atoms with E-state index in [0.717, 1.165) is 31.6 Å². The molecule has 24 heavy (non-hydrogen) atoms. The summed E-state index contributed by atoms with van der Waals surface area (Å²) in [5, 5.41) is 4.06. The maximum atomic E-state index is 12.0. The Hall–Kier alpha value is -2.05. The van der Waals surface area contributed by atoms with E-state index >= 15 is 0 Å². The number of carbonyl (C=O) groups is 2. The van der Waals surface area contributed by atoms with Gasteiger partial charge in [-0.05, 0) is 33.6 Å². The van der Waals surface area contributed by atoms with E-state index in [2.05, 4.69) is 9.89 Å². The lowest BCUT2D eigenvalue weighted by Gasteiger charge is -2.58. The highest BCUT2D eigenvalue weighted by Crippen LogP contribution is 2.56. The first-order chi connectivity index (χ1) is 11.2. The third-order valence-electron chi connectivity index (χ3n) is 4.60. The van der Waals surface area contributed by atoms with E-state index in [1.807, 2.05) is 26.8 Å². The quantitative estimate of drug-likeness (QED) is 0.789. The average Bonchev–Trinajstić information content (AvgIpc) is 2.81. The molecule has 132 valence electrons. The molecule has 0 bridgehead atoms. The Bertz CT molecular complexity index is 632. The average molecular weight is 336 g/mol. The number of aromatic nitrogens is 1. The van der Waals surface area contributed by atoms with Crippen molar-refractivity contribution in [2.24, 2.45) is 5.41 Å². The molecule has 2 heterocycles. The van der Waals surface area contributed by atoms with Crippen LogP contribution in [-0.4, -0.2) is 47.9 Å². The molecule has 1 aromatic heterocycles. The lowest BCUT2D eigenvalue weighted by molar-refractivity contribution is -0.140. The second-order valence-corrected chi connectivity index (χ2v) is 7.91. The second-order valence-electron chi connectivity index (χ2n) is 7.91. The molecule has 1 aliphatic heterocycles. The molecule has 0 N–H and O–H groups in total. The first-order valence-electron chi connectivity index (χ1n) is 8.20. The molecule has 2 fully saturated rings. The van der Waals surface area contributed by atoms with Crippen LogP contribution in [0, 0.1) is 5.41 Å². The van der Waals surface area contributed by atoms with Crippen molar-refractivity contribution in [1.82, 2.24) is 10.1 Å². The summed E-state index contributed by atoms with van der Waals surface area (Å²) < 4.78 is 15.2. The van der Waals surface area contributed by atoms with Crippen molar-refractivity contribution >= 4 is 12.1 Å². The van der Waals surface area contributed by atoms with Gasteiger partial charge < -0.3 is 18.9 Å². The van der Waals surface area contributed by atoms with Crippen molar-refractivity contribution in [1.29, 1.82) is 0 Å². The number of carbonyl (C=O) groups excluding carboxylic acids is 2. The van der Waals surface area contributed by atoms with Crippen molar-refractivity contribution in [3.8, 4) is 0 Å². The number of likely N-dealkylation sites (tertiary alicyclic amines) is 1. The monoisotopic (exact) mass is 336 g/mol. The predicted octanol–water partition coefficient (Wildman–Crippen LogP) is 2.50. The van der Waals surface area contributed by atoms with Crippen molar-refractivity contribution in [2.75, 3.05) is 20.2 Å². The minimum absolute atomic E-state index is 0.105. The molecule has 1 aliphatic carbocycles. The fourth-order valence-corrected chi connectivity index (χ4v) is 3.49. The van der Waals surface area contributed by atoms with Crippen LogP contribution in [-0.2, 0) is 20.7 Å². The molecule has 1 amide bonds. The van der Waals surface area contributed by atoms with Gasteiger partial charge in [0.2, 0.25) is 0 Å². The van der Waals surface area contributed by atoms with Gasteiger partial charge in [0.25, 0.3) is 0 Å². The number of rotatable bonds is 3. The zero-order chi connectivity index (χ0) is 17.5. The van der Waals surface area contributed by atoms with Gasteiger partial charge in [-0.2, -0.15) is 0 Å². The van der Waals surface area contributed by atoms with E-state index in [0.29, 0.717) is 11.7 Å². The lowest BCUT2D eigenvalue weighted by Crippen LogP contribution is -2.63. The zero-order valence-corrected chi connectivity index (χ0v) is 14.6. The molecular weight excluding hydrogens is 312 g/mol. The molecule has 0 aromatic carbocycles. The van der Waals surface area contributed by atoms with Crippen molar-refractivity contribution in [3.63, 3.8) is 0 Å². The Morgan fingerprint density at radius 2 is 2.04 bits per heavy atom.